The van der Waals surface area contributed by atoms with Crippen molar-refractivity contribution in [3.63, 3.8) is 0 Å². The average Bonchev–Trinajstić information content (AvgIpc) is 3.06. The van der Waals surface area contributed by atoms with Crippen molar-refractivity contribution in [1.82, 2.24) is 10.6 Å². The number of thioether (sulfide) groups is 1. The van der Waals surface area contributed by atoms with Gasteiger partial charge in [-0.05, 0) is 37.6 Å². The Hall–Kier alpha value is -2.21. The fourth-order valence-electron chi connectivity index (χ4n) is 1.93. The van der Waals surface area contributed by atoms with Crippen molar-refractivity contribution in [2.24, 2.45) is 0 Å². The average molecular weight is 332 g/mol. The smallest absolute Gasteiger partial charge is 0.287 e. The van der Waals surface area contributed by atoms with Crippen LogP contribution in [0, 0.1) is 13.8 Å². The first-order valence-electron chi connectivity index (χ1n) is 7.34. The van der Waals surface area contributed by atoms with Crippen LogP contribution in [0.25, 0.3) is 0 Å². The molecule has 0 radical (unpaired) electrons. The Morgan fingerprint density at radius 3 is 2.65 bits per heavy atom. The lowest BCUT2D eigenvalue weighted by molar-refractivity contribution is -0.118. The highest BCUT2D eigenvalue weighted by molar-refractivity contribution is 8.00. The molecule has 1 aromatic heterocycles. The molecule has 0 spiro atoms. The van der Waals surface area contributed by atoms with Gasteiger partial charge in [0.05, 0.1) is 12.0 Å². The summed E-state index contributed by atoms with van der Waals surface area (Å²) in [6.07, 6.45) is 1.45. The van der Waals surface area contributed by atoms with Gasteiger partial charge in [-0.25, -0.2) is 0 Å². The summed E-state index contributed by atoms with van der Waals surface area (Å²) in [6.45, 7) is 4.81. The van der Waals surface area contributed by atoms with Crippen molar-refractivity contribution in [3.05, 3.63) is 53.5 Å². The minimum atomic E-state index is -0.283. The molecule has 2 rings (SSSR count). The van der Waals surface area contributed by atoms with Crippen LogP contribution in [0.15, 0.2) is 45.9 Å². The van der Waals surface area contributed by atoms with Gasteiger partial charge < -0.3 is 15.1 Å². The molecule has 6 heteroatoms. The van der Waals surface area contributed by atoms with Gasteiger partial charge in [-0.2, -0.15) is 0 Å². The molecule has 0 fully saturated rings. The minimum absolute atomic E-state index is 0.0526. The van der Waals surface area contributed by atoms with Crippen LogP contribution in [0.4, 0.5) is 0 Å². The Kier molecular flexibility index (Phi) is 6.29. The van der Waals surface area contributed by atoms with E-state index in [1.165, 1.54) is 29.2 Å². The van der Waals surface area contributed by atoms with Gasteiger partial charge in [0.15, 0.2) is 5.76 Å². The van der Waals surface area contributed by atoms with Crippen LogP contribution in [0.5, 0.6) is 0 Å². The van der Waals surface area contributed by atoms with Crippen molar-refractivity contribution in [2.75, 3.05) is 18.8 Å². The summed E-state index contributed by atoms with van der Waals surface area (Å²) in [5.74, 6) is 0.287. The van der Waals surface area contributed by atoms with Gasteiger partial charge in [0.25, 0.3) is 5.91 Å². The molecule has 2 aromatic rings. The maximum absolute atomic E-state index is 11.8. The molecule has 0 unspecified atom stereocenters. The number of furan rings is 1. The molecule has 122 valence electrons. The Bertz CT molecular complexity index is 668. The Labute approximate surface area is 139 Å². The van der Waals surface area contributed by atoms with Crippen LogP contribution in [-0.4, -0.2) is 30.7 Å². The molecule has 0 aliphatic carbocycles. The molecule has 0 saturated carbocycles. The molecule has 5 nitrogen and oxygen atoms in total. The zero-order valence-electron chi connectivity index (χ0n) is 13.2. The summed E-state index contributed by atoms with van der Waals surface area (Å²) in [4.78, 5) is 24.5. The molecule has 2 N–H and O–H groups in total. The lowest BCUT2D eigenvalue weighted by Gasteiger charge is -2.08. The molecule has 0 atom stereocenters. The molecule has 0 aliphatic rings. The van der Waals surface area contributed by atoms with Crippen LogP contribution in [0.1, 0.15) is 21.7 Å². The van der Waals surface area contributed by atoms with Crippen LogP contribution in [0.2, 0.25) is 0 Å². The van der Waals surface area contributed by atoms with Gasteiger partial charge in [-0.1, -0.05) is 17.7 Å². The summed E-state index contributed by atoms with van der Waals surface area (Å²) in [5, 5.41) is 5.46. The van der Waals surface area contributed by atoms with Crippen LogP contribution < -0.4 is 10.6 Å². The monoisotopic (exact) mass is 332 g/mol. The van der Waals surface area contributed by atoms with E-state index in [0.717, 1.165) is 4.90 Å². The Morgan fingerprint density at radius 1 is 1.13 bits per heavy atom. The zero-order valence-corrected chi connectivity index (χ0v) is 14.0. The van der Waals surface area contributed by atoms with Gasteiger partial charge in [0, 0.05) is 18.0 Å². The van der Waals surface area contributed by atoms with Gasteiger partial charge in [-0.15, -0.1) is 11.8 Å². The third-order valence-electron chi connectivity index (χ3n) is 3.18. The summed E-state index contributed by atoms with van der Waals surface area (Å²) in [5.41, 5.74) is 2.35. The quantitative estimate of drug-likeness (QED) is 0.604. The minimum Gasteiger partial charge on any atom is -0.459 e. The van der Waals surface area contributed by atoms with Gasteiger partial charge >= 0.3 is 0 Å². The second-order valence-electron chi connectivity index (χ2n) is 5.14. The fraction of sp³-hybridized carbons (Fsp3) is 0.294. The molecule has 1 heterocycles. The number of benzene rings is 1. The maximum atomic E-state index is 11.8. The van der Waals surface area contributed by atoms with Crippen molar-refractivity contribution >= 4 is 23.6 Å². The van der Waals surface area contributed by atoms with E-state index in [9.17, 15) is 9.59 Å². The van der Waals surface area contributed by atoms with Crippen molar-refractivity contribution in [3.8, 4) is 0 Å². The highest BCUT2D eigenvalue weighted by atomic mass is 32.2. The number of amides is 2. The standard InChI is InChI=1S/C17H20N2O3S/c1-12-5-6-13(2)15(10-12)23-11-16(20)18-7-8-19-17(21)14-4-3-9-22-14/h3-6,9-10H,7-8,11H2,1-2H3,(H,18,20)(H,19,21). The van der Waals surface area contributed by atoms with E-state index in [-0.39, 0.29) is 17.6 Å². The predicted molar refractivity (Wildman–Crippen MR) is 90.7 cm³/mol. The number of hydrogen-bond acceptors (Lipinski definition) is 4. The van der Waals surface area contributed by atoms with Crippen molar-refractivity contribution in [1.29, 1.82) is 0 Å². The van der Waals surface area contributed by atoms with Gasteiger partial charge in [0.1, 0.15) is 0 Å². The third kappa shape index (κ3) is 5.49. The van der Waals surface area contributed by atoms with E-state index in [2.05, 4.69) is 28.8 Å². The summed E-state index contributed by atoms with van der Waals surface area (Å²) in [7, 11) is 0. The highest BCUT2D eigenvalue weighted by Gasteiger charge is 2.08. The Morgan fingerprint density at radius 2 is 1.91 bits per heavy atom. The van der Waals surface area contributed by atoms with Crippen LogP contribution in [-0.2, 0) is 4.79 Å². The molecule has 0 aliphatic heterocycles. The second kappa shape index (κ2) is 8.43. The SMILES string of the molecule is Cc1ccc(C)c(SCC(=O)NCCNC(=O)c2ccco2)c1. The van der Waals surface area contributed by atoms with Crippen LogP contribution in [0.3, 0.4) is 0 Å². The topological polar surface area (TPSA) is 71.3 Å². The van der Waals surface area contributed by atoms with E-state index in [4.69, 9.17) is 4.42 Å². The van der Waals surface area contributed by atoms with Crippen molar-refractivity contribution in [2.45, 2.75) is 18.7 Å². The van der Waals surface area contributed by atoms with E-state index >= 15 is 0 Å². The number of nitrogens with one attached hydrogen (secondary N) is 2. The molecular formula is C17H20N2O3S. The lowest BCUT2D eigenvalue weighted by Crippen LogP contribution is -2.35. The zero-order chi connectivity index (χ0) is 16.7. The summed E-state index contributed by atoms with van der Waals surface area (Å²) < 4.78 is 4.98. The number of hydrogen-bond donors (Lipinski definition) is 2. The molecular weight excluding hydrogens is 312 g/mol. The number of rotatable bonds is 7. The second-order valence-corrected chi connectivity index (χ2v) is 6.16. The maximum Gasteiger partial charge on any atom is 0.287 e. The summed E-state index contributed by atoms with van der Waals surface area (Å²) >= 11 is 1.52. The molecule has 2 amide bonds. The first-order valence-corrected chi connectivity index (χ1v) is 8.33. The van der Waals surface area contributed by atoms with E-state index in [0.29, 0.717) is 18.8 Å². The number of aryl methyl sites for hydroxylation is 2. The highest BCUT2D eigenvalue weighted by Crippen LogP contribution is 2.23. The first-order chi connectivity index (χ1) is 11.1. The number of carbonyl (C=O) groups is 2. The van der Waals surface area contributed by atoms with E-state index in [1.807, 2.05) is 13.8 Å². The van der Waals surface area contributed by atoms with Gasteiger partial charge in [-0.3, -0.25) is 9.59 Å². The molecule has 0 bridgehead atoms. The van der Waals surface area contributed by atoms with Gasteiger partial charge in [0.2, 0.25) is 5.91 Å². The largest absolute Gasteiger partial charge is 0.459 e. The third-order valence-corrected chi connectivity index (χ3v) is 4.34. The fourth-order valence-corrected chi connectivity index (χ4v) is 2.88. The van der Waals surface area contributed by atoms with Crippen molar-refractivity contribution < 1.29 is 14.0 Å². The summed E-state index contributed by atoms with van der Waals surface area (Å²) in [6, 6.07) is 9.44. The van der Waals surface area contributed by atoms with E-state index < -0.39 is 0 Å². The molecule has 1 aromatic carbocycles. The van der Waals surface area contributed by atoms with Crippen LogP contribution >= 0.6 is 11.8 Å². The lowest BCUT2D eigenvalue weighted by atomic mass is 10.2. The normalized spacial score (nSPS) is 10.3. The molecule has 0 saturated heterocycles. The predicted octanol–water partition coefficient (Wildman–Crippen LogP) is 2.53. The first kappa shape index (κ1) is 17.1. The Balaban J connectivity index is 1.65. The molecule has 23 heavy (non-hydrogen) atoms. The van der Waals surface area contributed by atoms with E-state index in [1.54, 1.807) is 12.1 Å². The number of carbonyl (C=O) groups excluding carboxylic acids is 2.